The van der Waals surface area contributed by atoms with E-state index >= 15 is 0 Å². The van der Waals surface area contributed by atoms with E-state index in [4.69, 9.17) is 10.5 Å². The summed E-state index contributed by atoms with van der Waals surface area (Å²) in [7, 11) is 3.75. The molecule has 0 radical (unpaired) electrons. The summed E-state index contributed by atoms with van der Waals surface area (Å²) in [5.41, 5.74) is 12.3. The van der Waals surface area contributed by atoms with Crippen molar-refractivity contribution in [3.63, 3.8) is 0 Å². The third-order valence-corrected chi connectivity index (χ3v) is 6.64. The van der Waals surface area contributed by atoms with E-state index in [0.717, 1.165) is 44.7 Å². The summed E-state index contributed by atoms with van der Waals surface area (Å²) in [4.78, 5) is 18.1. The van der Waals surface area contributed by atoms with Gasteiger partial charge in [0.15, 0.2) is 0 Å². The van der Waals surface area contributed by atoms with E-state index in [1.807, 2.05) is 35.6 Å². The molecule has 2 aromatic carbocycles. The number of carbonyl (C=O) groups excluding carboxylic acids is 1. The minimum atomic E-state index is -0.415. The van der Waals surface area contributed by atoms with E-state index in [2.05, 4.69) is 46.9 Å². The maximum atomic E-state index is 11.7. The first-order valence-electron chi connectivity index (χ1n) is 9.91. The van der Waals surface area contributed by atoms with Gasteiger partial charge in [-0.2, -0.15) is 0 Å². The quantitative estimate of drug-likeness (QED) is 0.514. The van der Waals surface area contributed by atoms with Crippen molar-refractivity contribution in [1.29, 1.82) is 0 Å². The van der Waals surface area contributed by atoms with E-state index in [1.165, 1.54) is 5.39 Å². The van der Waals surface area contributed by atoms with Gasteiger partial charge in [-0.3, -0.25) is 9.78 Å². The number of ether oxygens (including phenoxy) is 1. The standard InChI is InChI=1S/C24H22N4O2S/c1-14-23-17(8-9-26-14)19-10-18(22(30-3)11-20(19)27(23)2)15-4-6-16(7-5-15)28-13-31-12-21(28)24(25)29/h4-12H,13H2,1-3H3,(H2,25,29). The van der Waals surface area contributed by atoms with E-state index in [-0.39, 0.29) is 0 Å². The highest BCUT2D eigenvalue weighted by atomic mass is 32.2. The summed E-state index contributed by atoms with van der Waals surface area (Å²) in [5.74, 6) is 1.07. The minimum Gasteiger partial charge on any atom is -0.496 e. The zero-order valence-electron chi connectivity index (χ0n) is 17.5. The Kier molecular flexibility index (Phi) is 4.63. The maximum absolute atomic E-state index is 11.7. The van der Waals surface area contributed by atoms with E-state index < -0.39 is 5.91 Å². The molecule has 0 spiro atoms. The minimum absolute atomic E-state index is 0.415. The summed E-state index contributed by atoms with van der Waals surface area (Å²) in [6.07, 6.45) is 1.85. The van der Waals surface area contributed by atoms with Crippen LogP contribution >= 0.6 is 11.8 Å². The lowest BCUT2D eigenvalue weighted by Gasteiger charge is -2.20. The van der Waals surface area contributed by atoms with Gasteiger partial charge in [0.1, 0.15) is 11.4 Å². The Morgan fingerprint density at radius 1 is 1.16 bits per heavy atom. The smallest absolute Gasteiger partial charge is 0.265 e. The highest BCUT2D eigenvalue weighted by Gasteiger charge is 2.22. The monoisotopic (exact) mass is 430 g/mol. The van der Waals surface area contributed by atoms with Gasteiger partial charge in [-0.15, -0.1) is 11.8 Å². The molecule has 1 aliphatic rings. The number of carbonyl (C=O) groups is 1. The van der Waals surface area contributed by atoms with Gasteiger partial charge < -0.3 is 19.9 Å². The number of rotatable bonds is 4. The Bertz CT molecular complexity index is 1370. The van der Waals surface area contributed by atoms with Crippen molar-refractivity contribution in [1.82, 2.24) is 9.55 Å². The first kappa shape index (κ1) is 19.5. The summed E-state index contributed by atoms with van der Waals surface area (Å²) in [5, 5.41) is 4.15. The third kappa shape index (κ3) is 3.04. The van der Waals surface area contributed by atoms with Crippen molar-refractivity contribution in [2.24, 2.45) is 12.8 Å². The number of primary amides is 1. The number of nitrogens with zero attached hydrogens (tertiary/aromatic N) is 3. The second-order valence-electron chi connectivity index (χ2n) is 7.56. The fourth-order valence-electron chi connectivity index (χ4n) is 4.33. The molecule has 5 rings (SSSR count). The molecule has 1 amide bonds. The predicted octanol–water partition coefficient (Wildman–Crippen LogP) is 4.55. The molecule has 0 saturated carbocycles. The molecule has 0 saturated heterocycles. The number of benzene rings is 2. The van der Waals surface area contributed by atoms with Crippen LogP contribution in [0.25, 0.3) is 32.9 Å². The Morgan fingerprint density at radius 3 is 2.65 bits per heavy atom. The molecule has 2 N–H and O–H groups in total. The molecule has 4 aromatic rings. The molecule has 0 unspecified atom stereocenters. The zero-order chi connectivity index (χ0) is 21.7. The number of amides is 1. The van der Waals surface area contributed by atoms with Crippen LogP contribution in [0.2, 0.25) is 0 Å². The molecule has 0 bridgehead atoms. The molecule has 156 valence electrons. The lowest BCUT2D eigenvalue weighted by molar-refractivity contribution is -0.114. The Balaban J connectivity index is 1.63. The molecular weight excluding hydrogens is 408 g/mol. The molecule has 7 heteroatoms. The van der Waals surface area contributed by atoms with Crippen LogP contribution in [0.3, 0.4) is 0 Å². The van der Waals surface area contributed by atoms with Gasteiger partial charge in [0.25, 0.3) is 5.91 Å². The molecular formula is C24H22N4O2S. The van der Waals surface area contributed by atoms with E-state index in [1.54, 1.807) is 18.9 Å². The van der Waals surface area contributed by atoms with Crippen LogP contribution in [0.4, 0.5) is 5.69 Å². The van der Waals surface area contributed by atoms with Crippen LogP contribution in [-0.4, -0.2) is 28.4 Å². The summed E-state index contributed by atoms with van der Waals surface area (Å²) in [6, 6.07) is 14.5. The van der Waals surface area contributed by atoms with Crippen molar-refractivity contribution in [2.45, 2.75) is 6.92 Å². The van der Waals surface area contributed by atoms with Crippen molar-refractivity contribution >= 4 is 45.2 Å². The predicted molar refractivity (Wildman–Crippen MR) is 127 cm³/mol. The number of nitrogens with two attached hydrogens (primary N) is 1. The summed E-state index contributed by atoms with van der Waals surface area (Å²) in [6.45, 7) is 2.03. The Hall–Kier alpha value is -3.45. The number of methoxy groups -OCH3 is 1. The average molecular weight is 431 g/mol. The average Bonchev–Trinajstić information content (AvgIpc) is 3.37. The van der Waals surface area contributed by atoms with Gasteiger partial charge >= 0.3 is 0 Å². The highest BCUT2D eigenvalue weighted by Crippen LogP contribution is 2.39. The van der Waals surface area contributed by atoms with Crippen molar-refractivity contribution in [3.8, 4) is 16.9 Å². The number of fused-ring (bicyclic) bond motifs is 3. The Labute approximate surface area is 184 Å². The number of aryl methyl sites for hydroxylation is 2. The first-order chi connectivity index (χ1) is 15.0. The molecule has 6 nitrogen and oxygen atoms in total. The van der Waals surface area contributed by atoms with Gasteiger partial charge in [-0.25, -0.2) is 0 Å². The van der Waals surface area contributed by atoms with Gasteiger partial charge in [0.05, 0.1) is 29.7 Å². The summed E-state index contributed by atoms with van der Waals surface area (Å²) >= 11 is 1.56. The van der Waals surface area contributed by atoms with E-state index in [0.29, 0.717) is 11.6 Å². The number of pyridine rings is 1. The number of aromatic nitrogens is 2. The molecule has 31 heavy (non-hydrogen) atoms. The Morgan fingerprint density at radius 2 is 1.94 bits per heavy atom. The fourth-order valence-corrected chi connectivity index (χ4v) is 5.24. The fraction of sp³-hybridized carbons (Fsp3) is 0.167. The molecule has 0 fully saturated rings. The summed E-state index contributed by atoms with van der Waals surface area (Å²) < 4.78 is 7.93. The number of hydrogen-bond donors (Lipinski definition) is 1. The van der Waals surface area contributed by atoms with Gasteiger partial charge in [-0.05, 0) is 36.8 Å². The molecule has 2 aromatic heterocycles. The van der Waals surface area contributed by atoms with Crippen molar-refractivity contribution < 1.29 is 9.53 Å². The second kappa shape index (κ2) is 7.35. The highest BCUT2D eigenvalue weighted by molar-refractivity contribution is 8.02. The second-order valence-corrected chi connectivity index (χ2v) is 8.39. The van der Waals surface area contributed by atoms with Crippen LogP contribution in [0, 0.1) is 6.92 Å². The van der Waals surface area contributed by atoms with Gasteiger partial charge in [0, 0.05) is 46.7 Å². The number of anilines is 1. The normalized spacial score (nSPS) is 13.8. The van der Waals surface area contributed by atoms with Gasteiger partial charge in [-0.1, -0.05) is 12.1 Å². The van der Waals surface area contributed by atoms with Crippen LogP contribution in [-0.2, 0) is 11.8 Å². The molecule has 1 aliphatic heterocycles. The third-order valence-electron chi connectivity index (χ3n) is 5.84. The van der Waals surface area contributed by atoms with Crippen LogP contribution in [0.15, 0.2) is 59.8 Å². The first-order valence-corrected chi connectivity index (χ1v) is 11.0. The van der Waals surface area contributed by atoms with Crippen molar-refractivity contribution in [2.75, 3.05) is 17.9 Å². The lowest BCUT2D eigenvalue weighted by Crippen LogP contribution is -2.27. The molecule has 0 aliphatic carbocycles. The zero-order valence-corrected chi connectivity index (χ0v) is 18.4. The largest absolute Gasteiger partial charge is 0.496 e. The van der Waals surface area contributed by atoms with Crippen LogP contribution in [0.5, 0.6) is 5.75 Å². The van der Waals surface area contributed by atoms with Crippen molar-refractivity contribution in [3.05, 3.63) is 65.5 Å². The lowest BCUT2D eigenvalue weighted by atomic mass is 10.0. The number of thioether (sulfide) groups is 1. The van der Waals surface area contributed by atoms with E-state index in [9.17, 15) is 4.79 Å². The molecule has 3 heterocycles. The molecule has 0 atom stereocenters. The van der Waals surface area contributed by atoms with Crippen LogP contribution < -0.4 is 15.4 Å². The number of hydrogen-bond acceptors (Lipinski definition) is 5. The topological polar surface area (TPSA) is 73.4 Å². The SMILES string of the molecule is COc1cc2c(cc1-c1ccc(N3CSC=C3C(N)=O)cc1)c1ccnc(C)c1n2C. The maximum Gasteiger partial charge on any atom is 0.265 e. The van der Waals surface area contributed by atoms with Gasteiger partial charge in [0.2, 0.25) is 0 Å². The van der Waals surface area contributed by atoms with Crippen LogP contribution in [0.1, 0.15) is 5.69 Å².